The number of halogens is 1. The van der Waals surface area contributed by atoms with Gasteiger partial charge in [0.15, 0.2) is 24.0 Å². The first-order valence-electron chi connectivity index (χ1n) is 9.39. The molecule has 0 bridgehead atoms. The highest BCUT2D eigenvalue weighted by Crippen LogP contribution is 2.40. The summed E-state index contributed by atoms with van der Waals surface area (Å²) in [6.45, 7) is 1.84. The number of nitrogens with zero attached hydrogens (tertiary/aromatic N) is 2. The van der Waals surface area contributed by atoms with E-state index >= 15 is 0 Å². The molecule has 1 saturated heterocycles. The fraction of sp³-hybridized carbons (Fsp3) is 0.318. The molecule has 0 radical (unpaired) electrons. The summed E-state index contributed by atoms with van der Waals surface area (Å²) in [5.41, 5.74) is -0.160. The predicted molar refractivity (Wildman–Crippen MR) is 103 cm³/mol. The molecule has 0 saturated carbocycles. The summed E-state index contributed by atoms with van der Waals surface area (Å²) in [7, 11) is 1.66. The normalized spacial score (nSPS) is 23.5. The third kappa shape index (κ3) is 3.06. The summed E-state index contributed by atoms with van der Waals surface area (Å²) in [5, 5.41) is 0. The SMILES string of the molecule is CN1C(=O)c2ccccc2C(=O)[C@@]2(C)CN(C(=O)COc3ccccc3F)C[C@@H]12. The number of amides is 2. The standard InChI is InChI=1S/C22H21FN2O4/c1-22-13-25(19(26)12-29-17-10-6-5-9-16(17)23)11-18(22)24(2)21(28)15-8-4-3-7-14(15)20(22)27/h3-10,18H,11-13H2,1-2H3/t18-,22+/m1/s1. The lowest BCUT2D eigenvalue weighted by Crippen LogP contribution is -2.48. The number of likely N-dealkylation sites (tertiary alicyclic amines) is 1. The Morgan fingerprint density at radius 1 is 1.14 bits per heavy atom. The average Bonchev–Trinajstić information content (AvgIpc) is 3.07. The summed E-state index contributed by atoms with van der Waals surface area (Å²) in [4.78, 5) is 42.0. The Balaban J connectivity index is 1.57. The molecule has 2 atom stereocenters. The van der Waals surface area contributed by atoms with Gasteiger partial charge in [0.05, 0.1) is 17.0 Å². The molecule has 2 aromatic rings. The van der Waals surface area contributed by atoms with E-state index in [0.29, 0.717) is 11.1 Å². The van der Waals surface area contributed by atoms with Crippen LogP contribution in [0.5, 0.6) is 5.75 Å². The van der Waals surface area contributed by atoms with Gasteiger partial charge in [-0.1, -0.05) is 30.3 Å². The summed E-state index contributed by atoms with van der Waals surface area (Å²) in [5.74, 6) is -1.29. The van der Waals surface area contributed by atoms with E-state index in [2.05, 4.69) is 0 Å². The van der Waals surface area contributed by atoms with Gasteiger partial charge >= 0.3 is 0 Å². The minimum atomic E-state index is -0.926. The number of hydrogen-bond acceptors (Lipinski definition) is 4. The fourth-order valence-electron chi connectivity index (χ4n) is 4.24. The van der Waals surface area contributed by atoms with Gasteiger partial charge < -0.3 is 14.5 Å². The Morgan fingerprint density at radius 2 is 1.79 bits per heavy atom. The van der Waals surface area contributed by atoms with Crippen LogP contribution in [0.25, 0.3) is 0 Å². The summed E-state index contributed by atoms with van der Waals surface area (Å²) in [6.07, 6.45) is 0. The van der Waals surface area contributed by atoms with Gasteiger partial charge in [0.1, 0.15) is 0 Å². The van der Waals surface area contributed by atoms with Gasteiger partial charge in [0, 0.05) is 25.7 Å². The van der Waals surface area contributed by atoms with Crippen LogP contribution in [0.4, 0.5) is 4.39 Å². The zero-order valence-corrected chi connectivity index (χ0v) is 16.2. The lowest BCUT2D eigenvalue weighted by atomic mass is 9.78. The molecule has 0 aliphatic carbocycles. The van der Waals surface area contributed by atoms with Crippen LogP contribution in [-0.4, -0.2) is 60.2 Å². The molecule has 6 nitrogen and oxygen atoms in total. The molecule has 0 N–H and O–H groups in total. The van der Waals surface area contributed by atoms with E-state index in [1.807, 2.05) is 0 Å². The largest absolute Gasteiger partial charge is 0.481 e. The second-order valence-electron chi connectivity index (χ2n) is 7.72. The van der Waals surface area contributed by atoms with Crippen molar-refractivity contribution in [2.75, 3.05) is 26.7 Å². The maximum atomic E-state index is 13.7. The lowest BCUT2D eigenvalue weighted by molar-refractivity contribution is -0.132. The number of carbonyl (C=O) groups excluding carboxylic acids is 3. The Kier molecular flexibility index (Phi) is 4.61. The van der Waals surface area contributed by atoms with Gasteiger partial charge in [-0.3, -0.25) is 14.4 Å². The molecule has 7 heteroatoms. The van der Waals surface area contributed by atoms with Crippen molar-refractivity contribution in [2.45, 2.75) is 13.0 Å². The molecule has 2 aromatic carbocycles. The molecule has 4 rings (SSSR count). The average molecular weight is 396 g/mol. The van der Waals surface area contributed by atoms with E-state index in [-0.39, 0.29) is 43.0 Å². The van der Waals surface area contributed by atoms with Crippen molar-refractivity contribution in [1.82, 2.24) is 9.80 Å². The van der Waals surface area contributed by atoms with E-state index in [9.17, 15) is 18.8 Å². The molecule has 2 aliphatic rings. The first-order chi connectivity index (χ1) is 13.8. The van der Waals surface area contributed by atoms with Crippen molar-refractivity contribution in [3.8, 4) is 5.75 Å². The molecule has 2 aliphatic heterocycles. The van der Waals surface area contributed by atoms with Crippen molar-refractivity contribution in [2.24, 2.45) is 5.41 Å². The van der Waals surface area contributed by atoms with E-state index in [0.717, 1.165) is 0 Å². The first kappa shape index (κ1) is 19.1. The van der Waals surface area contributed by atoms with E-state index in [1.54, 1.807) is 49.2 Å². The third-order valence-electron chi connectivity index (χ3n) is 5.90. The second-order valence-corrected chi connectivity index (χ2v) is 7.72. The highest BCUT2D eigenvalue weighted by Gasteiger charge is 2.54. The van der Waals surface area contributed by atoms with Gasteiger partial charge in [-0.05, 0) is 25.1 Å². The molecule has 2 amide bonds. The minimum absolute atomic E-state index is 0.00206. The first-order valence-corrected chi connectivity index (χ1v) is 9.39. The second kappa shape index (κ2) is 6.99. The monoisotopic (exact) mass is 396 g/mol. The third-order valence-corrected chi connectivity index (χ3v) is 5.90. The van der Waals surface area contributed by atoms with E-state index < -0.39 is 17.3 Å². The number of hydrogen-bond donors (Lipinski definition) is 0. The number of para-hydroxylation sites is 1. The number of benzene rings is 2. The zero-order chi connectivity index (χ0) is 20.8. The zero-order valence-electron chi connectivity index (χ0n) is 16.2. The number of ether oxygens (including phenoxy) is 1. The number of Topliss-reactive ketones (excluding diaryl/α,β-unsaturated/α-hetero) is 1. The van der Waals surface area contributed by atoms with Crippen LogP contribution in [0.3, 0.4) is 0 Å². The quantitative estimate of drug-likeness (QED) is 0.799. The molecule has 0 spiro atoms. The van der Waals surface area contributed by atoms with Gasteiger partial charge in [-0.2, -0.15) is 0 Å². The molecule has 1 fully saturated rings. The van der Waals surface area contributed by atoms with Crippen LogP contribution in [0.1, 0.15) is 27.6 Å². The van der Waals surface area contributed by atoms with Crippen molar-refractivity contribution < 1.29 is 23.5 Å². The van der Waals surface area contributed by atoms with Crippen LogP contribution in [0.15, 0.2) is 48.5 Å². The molecule has 2 heterocycles. The van der Waals surface area contributed by atoms with Gasteiger partial charge in [-0.15, -0.1) is 0 Å². The predicted octanol–water partition coefficient (Wildman–Crippen LogP) is 2.39. The maximum absolute atomic E-state index is 13.7. The number of ketones is 1. The van der Waals surface area contributed by atoms with Crippen LogP contribution < -0.4 is 4.74 Å². The molecular weight excluding hydrogens is 375 g/mol. The van der Waals surface area contributed by atoms with Gasteiger partial charge in [-0.25, -0.2) is 4.39 Å². The molecule has 0 aromatic heterocycles. The number of likely N-dealkylation sites (N-methyl/N-ethyl adjacent to an activating group) is 1. The molecule has 150 valence electrons. The van der Waals surface area contributed by atoms with Gasteiger partial charge in [0.25, 0.3) is 11.8 Å². The van der Waals surface area contributed by atoms with Crippen LogP contribution >= 0.6 is 0 Å². The van der Waals surface area contributed by atoms with Crippen molar-refractivity contribution >= 4 is 17.6 Å². The van der Waals surface area contributed by atoms with Crippen LogP contribution in [0.2, 0.25) is 0 Å². The summed E-state index contributed by atoms with van der Waals surface area (Å²) in [6, 6.07) is 12.2. The van der Waals surface area contributed by atoms with Crippen molar-refractivity contribution in [3.05, 3.63) is 65.5 Å². The van der Waals surface area contributed by atoms with Crippen LogP contribution in [-0.2, 0) is 4.79 Å². The van der Waals surface area contributed by atoms with E-state index in [4.69, 9.17) is 4.74 Å². The van der Waals surface area contributed by atoms with Crippen molar-refractivity contribution in [1.29, 1.82) is 0 Å². The molecular formula is C22H21FN2O4. The Hall–Kier alpha value is -3.22. The Morgan fingerprint density at radius 3 is 2.52 bits per heavy atom. The minimum Gasteiger partial charge on any atom is -0.481 e. The topological polar surface area (TPSA) is 66.9 Å². The highest BCUT2D eigenvalue weighted by molar-refractivity contribution is 6.12. The summed E-state index contributed by atoms with van der Waals surface area (Å²) >= 11 is 0. The van der Waals surface area contributed by atoms with E-state index in [1.165, 1.54) is 23.1 Å². The van der Waals surface area contributed by atoms with Crippen molar-refractivity contribution in [3.63, 3.8) is 0 Å². The molecule has 29 heavy (non-hydrogen) atoms. The summed E-state index contributed by atoms with van der Waals surface area (Å²) < 4.78 is 19.0. The fourth-order valence-corrected chi connectivity index (χ4v) is 4.24. The lowest BCUT2D eigenvalue weighted by Gasteiger charge is -2.32. The smallest absolute Gasteiger partial charge is 0.260 e. The Labute approximate surface area is 167 Å². The highest BCUT2D eigenvalue weighted by atomic mass is 19.1. The number of fused-ring (bicyclic) bond motifs is 2. The maximum Gasteiger partial charge on any atom is 0.260 e. The van der Waals surface area contributed by atoms with Gasteiger partial charge in [0.2, 0.25) is 0 Å². The number of rotatable bonds is 3. The van der Waals surface area contributed by atoms with Crippen LogP contribution in [0, 0.1) is 11.2 Å². The Bertz CT molecular complexity index is 1010. The number of carbonyl (C=O) groups is 3. The molecule has 0 unspecified atom stereocenters.